The Balaban J connectivity index is 2.38. The highest BCUT2D eigenvalue weighted by Gasteiger charge is 2.31. The fraction of sp³-hybridized carbons (Fsp3) is 0.273. The third-order valence-corrected chi connectivity index (χ3v) is 3.55. The van der Waals surface area contributed by atoms with E-state index in [1.54, 1.807) is 0 Å². The van der Waals surface area contributed by atoms with E-state index in [4.69, 9.17) is 0 Å². The van der Waals surface area contributed by atoms with Crippen molar-refractivity contribution in [1.82, 2.24) is 5.32 Å². The van der Waals surface area contributed by atoms with Crippen LogP contribution in [0.1, 0.15) is 33.4 Å². The van der Waals surface area contributed by atoms with Crippen LogP contribution in [0.15, 0.2) is 17.8 Å². The Hall–Kier alpha value is -2.02. The molecule has 0 bridgehead atoms. The number of rotatable bonds is 4. The number of carbonyl (C=O) groups is 2. The molecule has 0 saturated heterocycles. The highest BCUT2D eigenvalue weighted by molar-refractivity contribution is 7.17. The van der Waals surface area contributed by atoms with Gasteiger partial charge in [0, 0.05) is 18.7 Å². The summed E-state index contributed by atoms with van der Waals surface area (Å²) in [5, 5.41) is 13.3. The van der Waals surface area contributed by atoms with Gasteiger partial charge in [-0.15, -0.1) is 0 Å². The molecule has 7 heteroatoms. The maximum absolute atomic E-state index is 12.0. The quantitative estimate of drug-likeness (QED) is 0.664. The molecule has 0 saturated carbocycles. The molecule has 0 fully saturated rings. The Bertz CT molecular complexity index is 574. The Morgan fingerprint density at radius 1 is 1.44 bits per heavy atom. The van der Waals surface area contributed by atoms with Crippen LogP contribution in [0.4, 0.5) is 5.00 Å². The van der Waals surface area contributed by atoms with Gasteiger partial charge in [-0.1, -0.05) is 18.3 Å². The number of nitrogens with one attached hydrogen (secondary N) is 1. The standard InChI is InChI=1S/C11H10N2O4S/c1-2-3-12-7-5-8(14)11-6(10(7)15)4-9(18-11)13(16)17/h4-5,12H,2-3H2,1H3. The average Bonchev–Trinajstić information content (AvgIpc) is 2.78. The van der Waals surface area contributed by atoms with Gasteiger partial charge in [0.2, 0.25) is 5.78 Å². The first-order valence-corrected chi connectivity index (χ1v) is 6.19. The molecule has 18 heavy (non-hydrogen) atoms. The van der Waals surface area contributed by atoms with Gasteiger partial charge in [0.05, 0.1) is 21.1 Å². The third-order valence-electron chi connectivity index (χ3n) is 2.45. The van der Waals surface area contributed by atoms with Gasteiger partial charge < -0.3 is 5.32 Å². The topological polar surface area (TPSA) is 89.3 Å². The minimum absolute atomic E-state index is 0.123. The Morgan fingerprint density at radius 2 is 2.17 bits per heavy atom. The van der Waals surface area contributed by atoms with Crippen LogP contribution in [0.25, 0.3) is 0 Å². The Kier molecular flexibility index (Phi) is 3.24. The molecule has 0 atom stereocenters. The second kappa shape index (κ2) is 4.69. The van der Waals surface area contributed by atoms with Gasteiger partial charge in [0.1, 0.15) is 0 Å². The smallest absolute Gasteiger partial charge is 0.325 e. The van der Waals surface area contributed by atoms with Crippen LogP contribution in [0.2, 0.25) is 0 Å². The summed E-state index contributed by atoms with van der Waals surface area (Å²) >= 11 is 0.739. The van der Waals surface area contributed by atoms with E-state index in [-0.39, 0.29) is 32.7 Å². The van der Waals surface area contributed by atoms with Crippen molar-refractivity contribution in [2.24, 2.45) is 0 Å². The van der Waals surface area contributed by atoms with Crippen LogP contribution < -0.4 is 5.32 Å². The summed E-state index contributed by atoms with van der Waals surface area (Å²) in [6.07, 6.45) is 2.02. The summed E-state index contributed by atoms with van der Waals surface area (Å²) in [6.45, 7) is 2.51. The molecule has 1 aromatic heterocycles. The van der Waals surface area contributed by atoms with Crippen molar-refractivity contribution in [2.45, 2.75) is 13.3 Å². The molecule has 1 N–H and O–H groups in total. The van der Waals surface area contributed by atoms with E-state index in [9.17, 15) is 19.7 Å². The van der Waals surface area contributed by atoms with Gasteiger partial charge in [0.15, 0.2) is 5.78 Å². The zero-order chi connectivity index (χ0) is 13.3. The molecular weight excluding hydrogens is 256 g/mol. The van der Waals surface area contributed by atoms with Crippen LogP contribution in [0, 0.1) is 10.1 Å². The molecule has 0 amide bonds. The fourth-order valence-corrected chi connectivity index (χ4v) is 2.50. The highest BCUT2D eigenvalue weighted by Crippen LogP contribution is 2.33. The van der Waals surface area contributed by atoms with Gasteiger partial charge in [-0.3, -0.25) is 19.7 Å². The predicted molar refractivity (Wildman–Crippen MR) is 66.0 cm³/mol. The van der Waals surface area contributed by atoms with E-state index < -0.39 is 4.92 Å². The van der Waals surface area contributed by atoms with Crippen molar-refractivity contribution in [2.75, 3.05) is 6.54 Å². The third kappa shape index (κ3) is 2.04. The molecule has 0 radical (unpaired) electrons. The summed E-state index contributed by atoms with van der Waals surface area (Å²) in [4.78, 5) is 34.0. The molecule has 6 nitrogen and oxygen atoms in total. The number of Topliss-reactive ketones (excluding diaryl/α,β-unsaturated/α-hetero) is 1. The SMILES string of the molecule is CCCNC1=CC(=O)c2sc([N+](=O)[O-])cc2C1=O. The molecule has 0 unspecified atom stereocenters. The summed E-state index contributed by atoms with van der Waals surface area (Å²) in [7, 11) is 0. The van der Waals surface area contributed by atoms with E-state index >= 15 is 0 Å². The highest BCUT2D eigenvalue weighted by atomic mass is 32.1. The van der Waals surface area contributed by atoms with E-state index in [0.29, 0.717) is 6.54 Å². The van der Waals surface area contributed by atoms with E-state index in [1.165, 1.54) is 12.1 Å². The summed E-state index contributed by atoms with van der Waals surface area (Å²) in [5.74, 6) is -0.719. The second-order valence-corrected chi connectivity index (χ2v) is 4.79. The first kappa shape index (κ1) is 12.4. The number of fused-ring (bicyclic) bond motifs is 1. The minimum atomic E-state index is -0.595. The molecular formula is C11H10N2O4S. The Morgan fingerprint density at radius 3 is 2.78 bits per heavy atom. The van der Waals surface area contributed by atoms with Crippen molar-refractivity contribution >= 4 is 27.9 Å². The van der Waals surface area contributed by atoms with Crippen molar-refractivity contribution < 1.29 is 14.5 Å². The van der Waals surface area contributed by atoms with Crippen LogP contribution >= 0.6 is 11.3 Å². The minimum Gasteiger partial charge on any atom is -0.382 e. The van der Waals surface area contributed by atoms with Crippen molar-refractivity contribution in [3.8, 4) is 0 Å². The van der Waals surface area contributed by atoms with Crippen LogP contribution in [0.5, 0.6) is 0 Å². The number of nitro groups is 1. The lowest BCUT2D eigenvalue weighted by atomic mass is 10.0. The zero-order valence-corrected chi connectivity index (χ0v) is 10.4. The zero-order valence-electron chi connectivity index (χ0n) is 9.56. The lowest BCUT2D eigenvalue weighted by Gasteiger charge is -2.12. The number of hydrogen-bond acceptors (Lipinski definition) is 6. The molecule has 2 rings (SSSR count). The van der Waals surface area contributed by atoms with Gasteiger partial charge in [-0.05, 0) is 6.42 Å². The number of nitrogens with zero attached hydrogens (tertiary/aromatic N) is 1. The van der Waals surface area contributed by atoms with Crippen LogP contribution in [0.3, 0.4) is 0 Å². The van der Waals surface area contributed by atoms with E-state index in [1.807, 2.05) is 6.92 Å². The molecule has 0 aromatic carbocycles. The number of hydrogen-bond donors (Lipinski definition) is 1. The Labute approximate surface area is 106 Å². The number of carbonyl (C=O) groups excluding carboxylic acids is 2. The van der Waals surface area contributed by atoms with Gasteiger partial charge in [-0.2, -0.15) is 0 Å². The summed E-state index contributed by atoms with van der Waals surface area (Å²) in [5.41, 5.74) is 0.333. The number of ketones is 2. The predicted octanol–water partition coefficient (Wildman–Crippen LogP) is 1.92. The van der Waals surface area contributed by atoms with Crippen molar-refractivity contribution in [3.05, 3.63) is 38.4 Å². The molecule has 1 aromatic rings. The maximum Gasteiger partial charge on any atom is 0.325 e. The van der Waals surface area contributed by atoms with E-state index in [2.05, 4.69) is 5.32 Å². The monoisotopic (exact) mass is 266 g/mol. The van der Waals surface area contributed by atoms with E-state index in [0.717, 1.165) is 17.8 Å². The first-order valence-electron chi connectivity index (χ1n) is 5.37. The molecule has 1 aliphatic carbocycles. The number of allylic oxidation sites excluding steroid dienone is 2. The molecule has 94 valence electrons. The lowest BCUT2D eigenvalue weighted by Crippen LogP contribution is -2.26. The van der Waals surface area contributed by atoms with Gasteiger partial charge in [0.25, 0.3) is 0 Å². The maximum atomic E-state index is 12.0. The van der Waals surface area contributed by atoms with Crippen molar-refractivity contribution in [3.63, 3.8) is 0 Å². The molecule has 1 heterocycles. The van der Waals surface area contributed by atoms with Crippen LogP contribution in [-0.4, -0.2) is 23.0 Å². The molecule has 0 spiro atoms. The average molecular weight is 266 g/mol. The molecule has 0 aliphatic heterocycles. The largest absolute Gasteiger partial charge is 0.382 e. The van der Waals surface area contributed by atoms with Crippen molar-refractivity contribution in [1.29, 1.82) is 0 Å². The molecule has 1 aliphatic rings. The summed E-state index contributed by atoms with van der Waals surface area (Å²) in [6, 6.07) is 1.17. The normalized spacial score (nSPS) is 14.2. The number of thiophene rings is 1. The lowest BCUT2D eigenvalue weighted by molar-refractivity contribution is -0.380. The van der Waals surface area contributed by atoms with Gasteiger partial charge in [-0.25, -0.2) is 0 Å². The fourth-order valence-electron chi connectivity index (χ4n) is 1.62. The first-order chi connectivity index (χ1) is 8.54. The van der Waals surface area contributed by atoms with Crippen LogP contribution in [-0.2, 0) is 0 Å². The second-order valence-electron chi connectivity index (χ2n) is 3.76. The van der Waals surface area contributed by atoms with Gasteiger partial charge >= 0.3 is 5.00 Å². The summed E-state index contributed by atoms with van der Waals surface area (Å²) < 4.78 is 0.